The minimum absolute atomic E-state index is 0.951. The highest BCUT2D eigenvalue weighted by Crippen LogP contribution is 2.23. The van der Waals surface area contributed by atoms with Crippen LogP contribution in [0.1, 0.15) is 65.2 Å². The first-order chi connectivity index (χ1) is 6.83. The van der Waals surface area contributed by atoms with Gasteiger partial charge in [-0.3, -0.25) is 0 Å². The van der Waals surface area contributed by atoms with Crippen LogP contribution in [-0.4, -0.2) is 0 Å². The van der Waals surface area contributed by atoms with Crippen molar-refractivity contribution in [1.29, 1.82) is 0 Å². The highest BCUT2D eigenvalue weighted by atomic mass is 14.1. The van der Waals surface area contributed by atoms with E-state index in [1.165, 1.54) is 51.4 Å². The monoisotopic (exact) mass is 194 g/mol. The zero-order valence-corrected chi connectivity index (χ0v) is 9.97. The van der Waals surface area contributed by atoms with E-state index in [0.29, 0.717) is 0 Å². The quantitative estimate of drug-likeness (QED) is 0.518. The van der Waals surface area contributed by atoms with Crippen molar-refractivity contribution in [1.82, 2.24) is 0 Å². The van der Waals surface area contributed by atoms with Gasteiger partial charge in [-0.2, -0.15) is 0 Å². The predicted molar refractivity (Wildman–Crippen MR) is 64.4 cm³/mol. The van der Waals surface area contributed by atoms with Crippen molar-refractivity contribution < 1.29 is 0 Å². The first kappa shape index (κ1) is 11.8. The SMILES string of the molecule is CCC1CC=CCCCCC(C)CC1. The maximum atomic E-state index is 2.43. The molecular formula is C14H26. The molecule has 1 rings (SSSR count). The fourth-order valence-electron chi connectivity index (χ4n) is 2.31. The highest BCUT2D eigenvalue weighted by Gasteiger charge is 2.08. The standard InChI is InChI=1S/C14H26/c1-3-14-10-8-6-4-5-7-9-13(2)11-12-14/h6,8,13-14H,3-5,7,9-12H2,1-2H3. The lowest BCUT2D eigenvalue weighted by Gasteiger charge is -2.15. The molecule has 0 bridgehead atoms. The van der Waals surface area contributed by atoms with Crippen molar-refractivity contribution >= 4 is 0 Å². The smallest absolute Gasteiger partial charge is 0.0322 e. The molecule has 0 aromatic rings. The second-order valence-corrected chi connectivity index (χ2v) is 4.95. The first-order valence-corrected chi connectivity index (χ1v) is 6.48. The Morgan fingerprint density at radius 1 is 1.07 bits per heavy atom. The Kier molecular flexibility index (Phi) is 5.98. The second kappa shape index (κ2) is 7.09. The summed E-state index contributed by atoms with van der Waals surface area (Å²) in [6.07, 6.45) is 16.0. The zero-order chi connectivity index (χ0) is 10.2. The Bertz CT molecular complexity index is 157. The molecule has 0 aliphatic heterocycles. The summed E-state index contributed by atoms with van der Waals surface area (Å²) >= 11 is 0. The van der Waals surface area contributed by atoms with E-state index in [4.69, 9.17) is 0 Å². The van der Waals surface area contributed by atoms with E-state index < -0.39 is 0 Å². The van der Waals surface area contributed by atoms with Gasteiger partial charge in [0.2, 0.25) is 0 Å². The van der Waals surface area contributed by atoms with Crippen LogP contribution in [0.3, 0.4) is 0 Å². The molecule has 0 nitrogen and oxygen atoms in total. The molecule has 14 heavy (non-hydrogen) atoms. The van der Waals surface area contributed by atoms with Crippen molar-refractivity contribution in [2.45, 2.75) is 65.2 Å². The maximum absolute atomic E-state index is 2.43. The van der Waals surface area contributed by atoms with Crippen LogP contribution in [0, 0.1) is 11.8 Å². The average molecular weight is 194 g/mol. The Morgan fingerprint density at radius 3 is 2.71 bits per heavy atom. The average Bonchev–Trinajstić information content (AvgIpc) is 2.24. The van der Waals surface area contributed by atoms with Crippen LogP contribution < -0.4 is 0 Å². The van der Waals surface area contributed by atoms with Crippen LogP contribution >= 0.6 is 0 Å². The van der Waals surface area contributed by atoms with Crippen molar-refractivity contribution in [3.63, 3.8) is 0 Å². The molecule has 0 spiro atoms. The number of allylic oxidation sites excluding steroid dienone is 2. The summed E-state index contributed by atoms with van der Waals surface area (Å²) in [5.41, 5.74) is 0. The van der Waals surface area contributed by atoms with Crippen LogP contribution in [-0.2, 0) is 0 Å². The molecular weight excluding hydrogens is 168 g/mol. The number of rotatable bonds is 1. The van der Waals surface area contributed by atoms with Gasteiger partial charge in [-0.15, -0.1) is 0 Å². The summed E-state index contributed by atoms with van der Waals surface area (Å²) in [5, 5.41) is 0. The second-order valence-electron chi connectivity index (χ2n) is 4.95. The Hall–Kier alpha value is -0.260. The number of hydrogen-bond acceptors (Lipinski definition) is 0. The summed E-state index contributed by atoms with van der Waals surface area (Å²) in [6, 6.07) is 0. The van der Waals surface area contributed by atoms with Gasteiger partial charge in [-0.05, 0) is 37.5 Å². The molecule has 1 aliphatic rings. The van der Waals surface area contributed by atoms with Crippen molar-refractivity contribution in [3.8, 4) is 0 Å². The van der Waals surface area contributed by atoms with Gasteiger partial charge in [0.1, 0.15) is 0 Å². The Labute approximate surface area is 89.8 Å². The van der Waals surface area contributed by atoms with E-state index in [1.807, 2.05) is 0 Å². The Balaban J connectivity index is 2.37. The molecule has 0 radical (unpaired) electrons. The van der Waals surface area contributed by atoms with Crippen molar-refractivity contribution in [2.75, 3.05) is 0 Å². The van der Waals surface area contributed by atoms with Crippen molar-refractivity contribution in [2.24, 2.45) is 11.8 Å². The zero-order valence-electron chi connectivity index (χ0n) is 9.97. The molecule has 2 atom stereocenters. The molecule has 1 aliphatic carbocycles. The fourth-order valence-corrected chi connectivity index (χ4v) is 2.31. The maximum Gasteiger partial charge on any atom is -0.0322 e. The molecule has 82 valence electrons. The van der Waals surface area contributed by atoms with E-state index in [0.717, 1.165) is 11.8 Å². The van der Waals surface area contributed by atoms with Gasteiger partial charge in [-0.25, -0.2) is 0 Å². The van der Waals surface area contributed by atoms with E-state index in [1.54, 1.807) is 0 Å². The Morgan fingerprint density at radius 2 is 1.93 bits per heavy atom. The van der Waals surface area contributed by atoms with E-state index in [2.05, 4.69) is 26.0 Å². The third-order valence-corrected chi connectivity index (χ3v) is 3.60. The molecule has 0 aromatic carbocycles. The third-order valence-electron chi connectivity index (χ3n) is 3.60. The highest BCUT2D eigenvalue weighted by molar-refractivity contribution is 4.84. The topological polar surface area (TPSA) is 0 Å². The lowest BCUT2D eigenvalue weighted by Crippen LogP contribution is -2.01. The molecule has 0 saturated carbocycles. The van der Waals surface area contributed by atoms with E-state index >= 15 is 0 Å². The molecule has 0 N–H and O–H groups in total. The summed E-state index contributed by atoms with van der Waals surface area (Å²) in [6.45, 7) is 4.76. The van der Waals surface area contributed by atoms with Gasteiger partial charge in [-0.1, -0.05) is 51.7 Å². The minimum atomic E-state index is 0.951. The summed E-state index contributed by atoms with van der Waals surface area (Å²) < 4.78 is 0. The minimum Gasteiger partial charge on any atom is -0.0885 e. The van der Waals surface area contributed by atoms with Crippen LogP contribution in [0.15, 0.2) is 12.2 Å². The summed E-state index contributed by atoms with van der Waals surface area (Å²) in [5.74, 6) is 1.91. The fraction of sp³-hybridized carbons (Fsp3) is 0.857. The van der Waals surface area contributed by atoms with Crippen LogP contribution in [0.4, 0.5) is 0 Å². The molecule has 0 aromatic heterocycles. The van der Waals surface area contributed by atoms with E-state index in [9.17, 15) is 0 Å². The largest absolute Gasteiger partial charge is 0.0885 e. The molecule has 2 unspecified atom stereocenters. The van der Waals surface area contributed by atoms with Gasteiger partial charge < -0.3 is 0 Å². The molecule has 0 saturated heterocycles. The molecule has 0 heteroatoms. The van der Waals surface area contributed by atoms with Crippen LogP contribution in [0.25, 0.3) is 0 Å². The van der Waals surface area contributed by atoms with Gasteiger partial charge in [0, 0.05) is 0 Å². The van der Waals surface area contributed by atoms with Gasteiger partial charge >= 0.3 is 0 Å². The van der Waals surface area contributed by atoms with Crippen LogP contribution in [0.5, 0.6) is 0 Å². The predicted octanol–water partition coefficient (Wildman–Crippen LogP) is 4.95. The lowest BCUT2D eigenvalue weighted by atomic mass is 9.91. The summed E-state index contributed by atoms with van der Waals surface area (Å²) in [7, 11) is 0. The van der Waals surface area contributed by atoms with Gasteiger partial charge in [0.25, 0.3) is 0 Å². The lowest BCUT2D eigenvalue weighted by molar-refractivity contribution is 0.383. The molecule has 0 fully saturated rings. The normalized spacial score (nSPS) is 31.0. The molecule has 0 amide bonds. The van der Waals surface area contributed by atoms with Gasteiger partial charge in [0.05, 0.1) is 0 Å². The molecule has 0 heterocycles. The van der Waals surface area contributed by atoms with Crippen LogP contribution in [0.2, 0.25) is 0 Å². The van der Waals surface area contributed by atoms with Gasteiger partial charge in [0.15, 0.2) is 0 Å². The number of hydrogen-bond donors (Lipinski definition) is 0. The first-order valence-electron chi connectivity index (χ1n) is 6.48. The summed E-state index contributed by atoms with van der Waals surface area (Å²) in [4.78, 5) is 0. The third kappa shape index (κ3) is 4.83. The van der Waals surface area contributed by atoms with Crippen molar-refractivity contribution in [3.05, 3.63) is 12.2 Å². The van der Waals surface area contributed by atoms with E-state index in [-0.39, 0.29) is 0 Å².